The molecule has 0 fully saturated rings. The maximum absolute atomic E-state index is 12.2. The largest absolute Gasteiger partial charge is 0.357 e. The van der Waals surface area contributed by atoms with Crippen LogP contribution in [-0.2, 0) is 11.3 Å². The van der Waals surface area contributed by atoms with E-state index in [0.717, 1.165) is 37.5 Å². The van der Waals surface area contributed by atoms with E-state index < -0.39 is 0 Å². The number of rotatable bonds is 9. The molecule has 1 aromatic rings. The molecular formula is C18H30N4O. The molecular weight excluding hydrogens is 288 g/mol. The van der Waals surface area contributed by atoms with Gasteiger partial charge in [-0.15, -0.1) is 0 Å². The SMILES string of the molecule is CCCCN=C(NCC)NCCC(=O)N(C)Cc1ccccc1. The lowest BCUT2D eigenvalue weighted by Crippen LogP contribution is -2.39. The number of nitrogens with zero attached hydrogens (tertiary/aromatic N) is 2. The van der Waals surface area contributed by atoms with Crippen molar-refractivity contribution in [3.8, 4) is 0 Å². The highest BCUT2D eigenvalue weighted by atomic mass is 16.2. The lowest BCUT2D eigenvalue weighted by atomic mass is 10.2. The summed E-state index contributed by atoms with van der Waals surface area (Å²) in [5.74, 6) is 0.922. The topological polar surface area (TPSA) is 56.7 Å². The lowest BCUT2D eigenvalue weighted by molar-refractivity contribution is -0.130. The van der Waals surface area contributed by atoms with Gasteiger partial charge in [0.2, 0.25) is 5.91 Å². The number of unbranched alkanes of at least 4 members (excludes halogenated alkanes) is 1. The molecule has 0 atom stereocenters. The standard InChI is InChI=1S/C18H30N4O/c1-4-6-13-20-18(19-5-2)21-14-12-17(23)22(3)15-16-10-8-7-9-11-16/h7-11H,4-6,12-15H2,1-3H3,(H2,19,20,21). The van der Waals surface area contributed by atoms with Gasteiger partial charge in [-0.1, -0.05) is 43.7 Å². The number of aliphatic imine (C=N–C) groups is 1. The summed E-state index contributed by atoms with van der Waals surface area (Å²) in [6.07, 6.45) is 2.67. The molecule has 5 nitrogen and oxygen atoms in total. The van der Waals surface area contributed by atoms with Gasteiger partial charge in [-0.2, -0.15) is 0 Å². The number of nitrogens with one attached hydrogen (secondary N) is 2. The summed E-state index contributed by atoms with van der Waals surface area (Å²) in [5.41, 5.74) is 1.14. The third-order valence-electron chi connectivity index (χ3n) is 3.45. The fourth-order valence-corrected chi connectivity index (χ4v) is 2.11. The number of carbonyl (C=O) groups excluding carboxylic acids is 1. The zero-order chi connectivity index (χ0) is 16.9. The van der Waals surface area contributed by atoms with Crippen LogP contribution in [0.15, 0.2) is 35.3 Å². The van der Waals surface area contributed by atoms with Crippen LogP contribution in [0.3, 0.4) is 0 Å². The van der Waals surface area contributed by atoms with Crippen molar-refractivity contribution in [2.24, 2.45) is 4.99 Å². The number of guanidine groups is 1. The first-order chi connectivity index (χ1) is 11.2. The van der Waals surface area contributed by atoms with Crippen LogP contribution in [0.1, 0.15) is 38.7 Å². The Labute approximate surface area is 140 Å². The molecule has 0 radical (unpaired) electrons. The quantitative estimate of drug-likeness (QED) is 0.417. The average molecular weight is 318 g/mol. The molecule has 5 heteroatoms. The number of amides is 1. The van der Waals surface area contributed by atoms with Crippen LogP contribution in [0.5, 0.6) is 0 Å². The summed E-state index contributed by atoms with van der Waals surface area (Å²) >= 11 is 0. The normalized spacial score (nSPS) is 11.2. The van der Waals surface area contributed by atoms with Crippen LogP contribution in [0.4, 0.5) is 0 Å². The molecule has 0 unspecified atom stereocenters. The maximum Gasteiger partial charge on any atom is 0.224 e. The van der Waals surface area contributed by atoms with E-state index in [1.54, 1.807) is 4.90 Å². The van der Waals surface area contributed by atoms with Gasteiger partial charge in [-0.05, 0) is 18.9 Å². The third-order valence-corrected chi connectivity index (χ3v) is 3.45. The van der Waals surface area contributed by atoms with E-state index >= 15 is 0 Å². The Morgan fingerprint density at radius 1 is 1.17 bits per heavy atom. The second-order valence-corrected chi connectivity index (χ2v) is 5.53. The van der Waals surface area contributed by atoms with E-state index in [9.17, 15) is 4.79 Å². The molecule has 128 valence electrons. The summed E-state index contributed by atoms with van der Waals surface area (Å²) in [6, 6.07) is 10.0. The Kier molecular flexibility index (Phi) is 9.52. The molecule has 1 rings (SSSR count). The Balaban J connectivity index is 2.34. The van der Waals surface area contributed by atoms with Gasteiger partial charge in [0.1, 0.15) is 0 Å². The molecule has 0 spiro atoms. The average Bonchev–Trinajstić information content (AvgIpc) is 2.55. The first-order valence-corrected chi connectivity index (χ1v) is 8.47. The molecule has 1 aromatic carbocycles. The van der Waals surface area contributed by atoms with Crippen LogP contribution in [-0.4, -0.2) is 43.4 Å². The molecule has 0 aliphatic carbocycles. The maximum atomic E-state index is 12.2. The van der Waals surface area contributed by atoms with Crippen LogP contribution in [0, 0.1) is 0 Å². The fourth-order valence-electron chi connectivity index (χ4n) is 2.11. The van der Waals surface area contributed by atoms with Gasteiger partial charge in [0.05, 0.1) is 0 Å². The van der Waals surface area contributed by atoms with E-state index in [4.69, 9.17) is 0 Å². The number of benzene rings is 1. The third kappa shape index (κ3) is 8.24. The summed E-state index contributed by atoms with van der Waals surface area (Å²) in [6.45, 7) is 7.06. The summed E-state index contributed by atoms with van der Waals surface area (Å²) < 4.78 is 0. The Bertz CT molecular complexity index is 473. The summed E-state index contributed by atoms with van der Waals surface area (Å²) in [4.78, 5) is 18.4. The van der Waals surface area contributed by atoms with Crippen molar-refractivity contribution in [1.82, 2.24) is 15.5 Å². The highest BCUT2D eigenvalue weighted by Gasteiger charge is 2.09. The molecule has 0 saturated carbocycles. The van der Waals surface area contributed by atoms with Crippen molar-refractivity contribution in [3.63, 3.8) is 0 Å². The zero-order valence-electron chi connectivity index (χ0n) is 14.6. The minimum absolute atomic E-state index is 0.130. The summed E-state index contributed by atoms with van der Waals surface area (Å²) in [5, 5.41) is 6.42. The monoisotopic (exact) mass is 318 g/mol. The molecule has 0 aliphatic rings. The number of carbonyl (C=O) groups is 1. The van der Waals surface area contributed by atoms with Gasteiger partial charge in [0, 0.05) is 39.6 Å². The van der Waals surface area contributed by atoms with Gasteiger partial charge < -0.3 is 15.5 Å². The van der Waals surface area contributed by atoms with Crippen molar-refractivity contribution < 1.29 is 4.79 Å². The Morgan fingerprint density at radius 2 is 1.91 bits per heavy atom. The van der Waals surface area contributed by atoms with Gasteiger partial charge in [-0.3, -0.25) is 9.79 Å². The van der Waals surface area contributed by atoms with E-state index in [1.807, 2.05) is 44.3 Å². The summed E-state index contributed by atoms with van der Waals surface area (Å²) in [7, 11) is 1.84. The van der Waals surface area contributed by atoms with Crippen molar-refractivity contribution in [3.05, 3.63) is 35.9 Å². The number of hydrogen-bond acceptors (Lipinski definition) is 2. The van der Waals surface area contributed by atoms with Crippen molar-refractivity contribution in [2.45, 2.75) is 39.7 Å². The molecule has 0 saturated heterocycles. The van der Waals surface area contributed by atoms with E-state index in [0.29, 0.717) is 19.5 Å². The molecule has 0 aliphatic heterocycles. The Hall–Kier alpha value is -2.04. The molecule has 0 heterocycles. The molecule has 0 bridgehead atoms. The molecule has 0 aromatic heterocycles. The Morgan fingerprint density at radius 3 is 2.57 bits per heavy atom. The highest BCUT2D eigenvalue weighted by Crippen LogP contribution is 2.03. The van der Waals surface area contributed by atoms with Gasteiger partial charge in [-0.25, -0.2) is 0 Å². The second kappa shape index (κ2) is 11.5. The predicted molar refractivity (Wildman–Crippen MR) is 96.4 cm³/mol. The van der Waals surface area contributed by atoms with Crippen molar-refractivity contribution in [1.29, 1.82) is 0 Å². The highest BCUT2D eigenvalue weighted by molar-refractivity contribution is 5.81. The van der Waals surface area contributed by atoms with Crippen LogP contribution >= 0.6 is 0 Å². The van der Waals surface area contributed by atoms with Crippen LogP contribution < -0.4 is 10.6 Å². The van der Waals surface area contributed by atoms with Gasteiger partial charge in [0.25, 0.3) is 0 Å². The van der Waals surface area contributed by atoms with Crippen LogP contribution in [0.25, 0.3) is 0 Å². The minimum atomic E-state index is 0.130. The number of hydrogen-bond donors (Lipinski definition) is 2. The predicted octanol–water partition coefficient (Wildman–Crippen LogP) is 2.39. The zero-order valence-corrected chi connectivity index (χ0v) is 14.6. The first-order valence-electron chi connectivity index (χ1n) is 8.47. The smallest absolute Gasteiger partial charge is 0.224 e. The van der Waals surface area contributed by atoms with Gasteiger partial charge in [0.15, 0.2) is 5.96 Å². The second-order valence-electron chi connectivity index (χ2n) is 5.53. The molecule has 2 N–H and O–H groups in total. The lowest BCUT2D eigenvalue weighted by Gasteiger charge is -2.18. The van der Waals surface area contributed by atoms with E-state index in [-0.39, 0.29) is 5.91 Å². The van der Waals surface area contributed by atoms with Crippen molar-refractivity contribution >= 4 is 11.9 Å². The van der Waals surface area contributed by atoms with E-state index in [2.05, 4.69) is 22.5 Å². The fraction of sp³-hybridized carbons (Fsp3) is 0.556. The molecule has 23 heavy (non-hydrogen) atoms. The van der Waals surface area contributed by atoms with Crippen LogP contribution in [0.2, 0.25) is 0 Å². The minimum Gasteiger partial charge on any atom is -0.357 e. The van der Waals surface area contributed by atoms with Gasteiger partial charge >= 0.3 is 0 Å². The van der Waals surface area contributed by atoms with E-state index in [1.165, 1.54) is 0 Å². The van der Waals surface area contributed by atoms with Crippen molar-refractivity contribution in [2.75, 3.05) is 26.7 Å². The first kappa shape index (κ1) is 19.0. The molecule has 1 amide bonds.